The Morgan fingerprint density at radius 2 is 0.563 bits per heavy atom. The maximum Gasteiger partial charge on any atom is 0.0646 e. The van der Waals surface area contributed by atoms with E-state index in [1.807, 2.05) is 0 Å². The maximum absolute atomic E-state index is 5.35. The van der Waals surface area contributed by atoms with E-state index >= 15 is 0 Å². The van der Waals surface area contributed by atoms with E-state index in [1.165, 1.54) is 250 Å². The van der Waals surface area contributed by atoms with E-state index in [4.69, 9.17) is 9.98 Å². The Hall–Kier alpha value is -2.61. The molecule has 0 unspecified atom stereocenters. The average molecular weight is 1020 g/mol. The van der Waals surface area contributed by atoms with Gasteiger partial charge in [0, 0.05) is 40.5 Å². The summed E-state index contributed by atoms with van der Waals surface area (Å²) in [5.41, 5.74) is 6.39. The molecule has 0 saturated heterocycles. The number of aliphatic imine (C=N–C) groups is 2. The van der Waals surface area contributed by atoms with Crippen LogP contribution >= 0.6 is 0 Å². The maximum atomic E-state index is 5.35. The summed E-state index contributed by atoms with van der Waals surface area (Å²) in [6.45, 7) is 9.17. The van der Waals surface area contributed by atoms with E-state index in [0.717, 1.165) is 78.9 Å². The van der Waals surface area contributed by atoms with Gasteiger partial charge < -0.3 is 0 Å². The van der Waals surface area contributed by atoms with Crippen LogP contribution in [-0.4, -0.2) is 11.4 Å². The van der Waals surface area contributed by atoms with Gasteiger partial charge in [-0.2, -0.15) is 0 Å². The van der Waals surface area contributed by atoms with Gasteiger partial charge in [0.05, 0.1) is 22.8 Å². The first-order valence-electron chi connectivity index (χ1n) is 31.0. The molecule has 0 bridgehead atoms. The van der Waals surface area contributed by atoms with Crippen molar-refractivity contribution in [3.05, 3.63) is 59.7 Å². The van der Waals surface area contributed by atoms with Gasteiger partial charge in [-0.05, 0) is 74.9 Å². The Balaban J connectivity index is 0.0000252. The summed E-state index contributed by atoms with van der Waals surface area (Å²) in [6.07, 6.45) is 61.7. The molecule has 0 aromatic heterocycles. The second-order valence-corrected chi connectivity index (χ2v) is 21.3. The zero-order valence-corrected chi connectivity index (χ0v) is 48.3. The van der Waals surface area contributed by atoms with Gasteiger partial charge in [0.2, 0.25) is 0 Å². The number of hydrogen-bond donors (Lipinski definition) is 0. The van der Waals surface area contributed by atoms with Crippen LogP contribution in [0.1, 0.15) is 334 Å². The average Bonchev–Trinajstić information content (AvgIpc) is 3.37. The van der Waals surface area contributed by atoms with E-state index in [-0.39, 0.29) is 16.5 Å². The fourth-order valence-corrected chi connectivity index (χ4v) is 9.77. The van der Waals surface area contributed by atoms with Crippen LogP contribution in [0.3, 0.4) is 0 Å². The first-order chi connectivity index (χ1) is 34.7. The normalized spacial score (nSPS) is 11.5. The zero-order chi connectivity index (χ0) is 49.9. The zero-order valence-electron chi connectivity index (χ0n) is 47.4. The Morgan fingerprint density at radius 1 is 0.310 bits per heavy atom. The second-order valence-electron chi connectivity index (χ2n) is 21.3. The van der Waals surface area contributed by atoms with Gasteiger partial charge in [0.25, 0.3) is 0 Å². The molecule has 2 aromatic carbocycles. The van der Waals surface area contributed by atoms with Crippen molar-refractivity contribution in [2.24, 2.45) is 9.98 Å². The van der Waals surface area contributed by atoms with Gasteiger partial charge in [-0.1, -0.05) is 308 Å². The molecule has 404 valence electrons. The Labute approximate surface area is 453 Å². The van der Waals surface area contributed by atoms with Crippen LogP contribution < -0.4 is 0 Å². The predicted octanol–water partition coefficient (Wildman–Crippen LogP) is 23.3. The third-order valence-corrected chi connectivity index (χ3v) is 14.4. The van der Waals surface area contributed by atoms with Crippen LogP contribution in [0.2, 0.25) is 0 Å². The van der Waals surface area contributed by atoms with Crippen molar-refractivity contribution < 1.29 is 16.5 Å². The molecular formula is C68H112N2Ni. The third-order valence-electron chi connectivity index (χ3n) is 14.4. The van der Waals surface area contributed by atoms with Crippen LogP contribution in [0, 0.1) is 23.7 Å². The molecule has 71 heavy (non-hydrogen) atoms. The summed E-state index contributed by atoms with van der Waals surface area (Å²) in [5, 5.41) is 0. The molecule has 0 N–H and O–H groups in total. The van der Waals surface area contributed by atoms with Crippen molar-refractivity contribution in [3.8, 4) is 23.7 Å². The third kappa shape index (κ3) is 41.4. The summed E-state index contributed by atoms with van der Waals surface area (Å²) in [4.78, 5) is 10.7. The smallest absolute Gasteiger partial charge is 0.0646 e. The van der Waals surface area contributed by atoms with Gasteiger partial charge in [0.15, 0.2) is 0 Å². The number of rotatable bonds is 47. The molecular weight excluding hydrogens is 903 g/mol. The minimum absolute atomic E-state index is 0. The Bertz CT molecular complexity index is 1660. The first kappa shape index (κ1) is 66.4. The van der Waals surface area contributed by atoms with Crippen LogP contribution in [0.15, 0.2) is 58.5 Å². The van der Waals surface area contributed by atoms with Crippen molar-refractivity contribution in [3.63, 3.8) is 0 Å². The molecule has 0 saturated carbocycles. The number of unbranched alkanes of at least 4 members (excludes halogenated alkanes) is 40. The molecule has 0 spiro atoms. The number of nitrogens with zero attached hydrogens (tertiary/aromatic N) is 2. The first-order valence-corrected chi connectivity index (χ1v) is 31.0. The molecule has 0 atom stereocenters. The molecule has 0 aliphatic carbocycles. The van der Waals surface area contributed by atoms with Gasteiger partial charge in [-0.15, -0.1) is 0 Å². The number of benzene rings is 2. The minimum atomic E-state index is 0. The molecule has 0 heterocycles. The van der Waals surface area contributed by atoms with E-state index in [9.17, 15) is 0 Å². The molecule has 2 aromatic rings. The second kappa shape index (κ2) is 52.3. The molecule has 2 nitrogen and oxygen atoms in total. The van der Waals surface area contributed by atoms with Crippen molar-refractivity contribution in [2.45, 2.75) is 323 Å². The van der Waals surface area contributed by atoms with Gasteiger partial charge in [-0.25, -0.2) is 0 Å². The van der Waals surface area contributed by atoms with E-state index in [0.29, 0.717) is 0 Å². The van der Waals surface area contributed by atoms with Gasteiger partial charge >= 0.3 is 0 Å². The summed E-state index contributed by atoms with van der Waals surface area (Å²) in [5.74, 6) is 13.9. The topological polar surface area (TPSA) is 24.7 Å². The van der Waals surface area contributed by atoms with E-state index < -0.39 is 0 Å². The van der Waals surface area contributed by atoms with E-state index in [1.54, 1.807) is 0 Å². The van der Waals surface area contributed by atoms with Crippen LogP contribution in [0.5, 0.6) is 0 Å². The summed E-state index contributed by atoms with van der Waals surface area (Å²) >= 11 is 0. The Kier molecular flexibility index (Phi) is 48.9. The van der Waals surface area contributed by atoms with Crippen LogP contribution in [0.25, 0.3) is 0 Å². The monoisotopic (exact) mass is 1010 g/mol. The van der Waals surface area contributed by atoms with E-state index in [2.05, 4.69) is 99.9 Å². The van der Waals surface area contributed by atoms with Crippen molar-refractivity contribution in [2.75, 3.05) is 0 Å². The van der Waals surface area contributed by atoms with Crippen LogP contribution in [0.4, 0.5) is 11.4 Å². The summed E-state index contributed by atoms with van der Waals surface area (Å²) in [6, 6.07) is 17.2. The van der Waals surface area contributed by atoms with Gasteiger partial charge in [-0.3, -0.25) is 9.98 Å². The van der Waals surface area contributed by atoms with Crippen molar-refractivity contribution in [1.82, 2.24) is 0 Å². The fourth-order valence-electron chi connectivity index (χ4n) is 9.77. The summed E-state index contributed by atoms with van der Waals surface area (Å²) < 4.78 is 0. The largest absolute Gasteiger partial charge is 0.252 e. The SMILES string of the molecule is CCCCCCCCCCCCCCCCCCCCC#Cc1cccc(N=C(CCCC)C(CCCCCC)=Nc2cccc(C#CCCCCCCCCCCCCCCCCCCCC)c2)c1.[Ni]. The summed E-state index contributed by atoms with van der Waals surface area (Å²) in [7, 11) is 0. The molecule has 0 amide bonds. The molecule has 3 heteroatoms. The standard InChI is InChI=1S/C68H112N2.Ni/c1-5-9-13-16-18-20-22-24-26-28-30-32-34-36-38-40-42-44-46-48-53-63-55-51-57-65(61-63)69-67(59-12-8-4)68(60-50-15-11-7-3)70-66-58-52-56-64(62-66)54-49-47-45-43-41-39-37-35-33-31-29-27-25-23-21-19-17-14-10-6-2;/h51-52,55-58,61-62H,5-47,50,59-60H2,1-4H3;. The molecule has 0 aliphatic heterocycles. The van der Waals surface area contributed by atoms with Crippen molar-refractivity contribution >= 4 is 22.8 Å². The predicted molar refractivity (Wildman–Crippen MR) is 316 cm³/mol. The number of hydrogen-bond acceptors (Lipinski definition) is 2. The van der Waals surface area contributed by atoms with Crippen molar-refractivity contribution in [1.29, 1.82) is 0 Å². The molecule has 2 rings (SSSR count). The molecule has 0 fully saturated rings. The fraction of sp³-hybridized carbons (Fsp3) is 0.735. The molecule has 0 radical (unpaired) electrons. The molecule has 0 aliphatic rings. The van der Waals surface area contributed by atoms with Crippen LogP contribution in [-0.2, 0) is 16.5 Å². The Morgan fingerprint density at radius 3 is 0.859 bits per heavy atom. The minimum Gasteiger partial charge on any atom is -0.252 e. The quantitative estimate of drug-likeness (QED) is 0.0273. The van der Waals surface area contributed by atoms with Gasteiger partial charge in [0.1, 0.15) is 0 Å².